The molecule has 0 aromatic carbocycles. The van der Waals surface area contributed by atoms with Crippen molar-refractivity contribution in [2.45, 2.75) is 25.8 Å². The van der Waals surface area contributed by atoms with Crippen LogP contribution in [-0.2, 0) is 14.4 Å². The van der Waals surface area contributed by atoms with Crippen LogP contribution >= 0.6 is 24.0 Å². The maximum atomic E-state index is 12.8. The van der Waals surface area contributed by atoms with Gasteiger partial charge in [-0.05, 0) is 44.1 Å². The first-order valence-corrected chi connectivity index (χ1v) is 10.1. The Kier molecular flexibility index (Phi) is 6.35. The first-order chi connectivity index (χ1) is 13.4. The fourth-order valence-electron chi connectivity index (χ4n) is 3.17. The van der Waals surface area contributed by atoms with Crippen molar-refractivity contribution in [3.05, 3.63) is 41.2 Å². The van der Waals surface area contributed by atoms with Crippen LogP contribution < -0.4 is 0 Å². The number of rotatable bonds is 5. The van der Waals surface area contributed by atoms with Gasteiger partial charge < -0.3 is 14.4 Å². The fourth-order valence-corrected chi connectivity index (χ4v) is 4.54. The lowest BCUT2D eigenvalue weighted by Crippen LogP contribution is -2.51. The standard InChI is InChI=1S/C19H20N2O5S2/c1-12(16(22)20-9-7-13(8-10-20)18(24)25)21-17(23)15(28-19(21)27)6-2-4-14-5-3-11-26-14/h2-6,11-13H,7-10H2,1H3,(H,24,25). The predicted molar refractivity (Wildman–Crippen MR) is 109 cm³/mol. The second-order valence-electron chi connectivity index (χ2n) is 6.56. The van der Waals surface area contributed by atoms with Crippen LogP contribution in [0.2, 0.25) is 0 Å². The van der Waals surface area contributed by atoms with E-state index in [2.05, 4.69) is 0 Å². The molecule has 9 heteroatoms. The van der Waals surface area contributed by atoms with Crippen LogP contribution in [0.5, 0.6) is 0 Å². The van der Waals surface area contributed by atoms with Crippen LogP contribution in [-0.4, -0.2) is 56.1 Å². The van der Waals surface area contributed by atoms with E-state index in [0.29, 0.717) is 40.9 Å². The number of hydrogen-bond donors (Lipinski definition) is 1. The predicted octanol–water partition coefficient (Wildman–Crippen LogP) is 2.75. The van der Waals surface area contributed by atoms with E-state index >= 15 is 0 Å². The number of thioether (sulfide) groups is 1. The average Bonchev–Trinajstić information content (AvgIpc) is 3.29. The Balaban J connectivity index is 1.64. The number of likely N-dealkylation sites (tertiary alicyclic amines) is 1. The van der Waals surface area contributed by atoms with Gasteiger partial charge in [-0.2, -0.15) is 0 Å². The van der Waals surface area contributed by atoms with Gasteiger partial charge in [0.2, 0.25) is 5.91 Å². The fraction of sp³-hybridized carbons (Fsp3) is 0.368. The highest BCUT2D eigenvalue weighted by molar-refractivity contribution is 8.26. The van der Waals surface area contributed by atoms with Gasteiger partial charge in [-0.15, -0.1) is 0 Å². The second-order valence-corrected chi connectivity index (χ2v) is 8.24. The van der Waals surface area contributed by atoms with E-state index in [0.717, 1.165) is 11.8 Å². The molecule has 1 atom stereocenters. The molecule has 1 N–H and O–H groups in total. The van der Waals surface area contributed by atoms with Gasteiger partial charge in [0.25, 0.3) is 5.91 Å². The topological polar surface area (TPSA) is 91.1 Å². The highest BCUT2D eigenvalue weighted by Gasteiger charge is 2.40. The van der Waals surface area contributed by atoms with E-state index in [9.17, 15) is 14.4 Å². The Morgan fingerprint density at radius 3 is 2.71 bits per heavy atom. The van der Waals surface area contributed by atoms with Gasteiger partial charge in [0.1, 0.15) is 16.1 Å². The van der Waals surface area contributed by atoms with Crippen molar-refractivity contribution >= 4 is 52.2 Å². The lowest BCUT2D eigenvalue weighted by atomic mass is 9.96. The molecule has 1 aromatic heterocycles. The Bertz CT molecular complexity index is 839. The highest BCUT2D eigenvalue weighted by Crippen LogP contribution is 2.33. The minimum atomic E-state index is -0.829. The van der Waals surface area contributed by atoms with Gasteiger partial charge in [0.15, 0.2) is 0 Å². The number of nitrogens with zero attached hydrogens (tertiary/aromatic N) is 2. The minimum Gasteiger partial charge on any atom is -0.481 e. The largest absolute Gasteiger partial charge is 0.481 e. The summed E-state index contributed by atoms with van der Waals surface area (Å²) in [5.74, 6) is -1.10. The van der Waals surface area contributed by atoms with E-state index in [1.165, 1.54) is 4.90 Å². The monoisotopic (exact) mass is 420 g/mol. The second kappa shape index (κ2) is 8.74. The Labute approximate surface area is 172 Å². The number of carbonyl (C=O) groups excluding carboxylic acids is 2. The first kappa shape index (κ1) is 20.3. The maximum Gasteiger partial charge on any atom is 0.306 e. The molecule has 3 rings (SSSR count). The minimum absolute atomic E-state index is 0.215. The van der Waals surface area contributed by atoms with E-state index in [4.69, 9.17) is 21.7 Å². The normalized spacial score (nSPS) is 21.1. The molecule has 2 fully saturated rings. The number of furan rings is 1. The third kappa shape index (κ3) is 4.36. The van der Waals surface area contributed by atoms with Crippen LogP contribution in [0.3, 0.4) is 0 Å². The van der Waals surface area contributed by atoms with Gasteiger partial charge in [0.05, 0.1) is 17.1 Å². The van der Waals surface area contributed by atoms with Gasteiger partial charge in [-0.25, -0.2) is 0 Å². The van der Waals surface area contributed by atoms with Gasteiger partial charge in [-0.3, -0.25) is 19.3 Å². The van der Waals surface area contributed by atoms with Crippen molar-refractivity contribution in [2.24, 2.45) is 5.92 Å². The number of thiocarbonyl (C=S) groups is 1. The van der Waals surface area contributed by atoms with Crippen LogP contribution in [0.15, 0.2) is 39.9 Å². The number of carboxylic acids is 1. The zero-order valence-corrected chi connectivity index (χ0v) is 16.9. The summed E-state index contributed by atoms with van der Waals surface area (Å²) in [5, 5.41) is 9.08. The number of allylic oxidation sites excluding steroid dienone is 2. The van der Waals surface area contributed by atoms with Crippen molar-refractivity contribution < 1.29 is 23.9 Å². The molecule has 1 aromatic rings. The number of carbonyl (C=O) groups is 3. The molecule has 0 spiro atoms. The summed E-state index contributed by atoms with van der Waals surface area (Å²) in [5.41, 5.74) is 0. The third-order valence-corrected chi connectivity index (χ3v) is 6.12. The number of amides is 2. The zero-order chi connectivity index (χ0) is 20.3. The summed E-state index contributed by atoms with van der Waals surface area (Å²) in [7, 11) is 0. The Morgan fingerprint density at radius 2 is 2.11 bits per heavy atom. The molecule has 0 aliphatic carbocycles. The molecule has 2 aliphatic rings. The summed E-state index contributed by atoms with van der Waals surface area (Å²) >= 11 is 6.47. The van der Waals surface area contributed by atoms with Crippen molar-refractivity contribution in [3.8, 4) is 0 Å². The smallest absolute Gasteiger partial charge is 0.306 e. The molecule has 2 saturated heterocycles. The van der Waals surface area contributed by atoms with Crippen molar-refractivity contribution in [3.63, 3.8) is 0 Å². The van der Waals surface area contributed by atoms with Gasteiger partial charge in [-0.1, -0.05) is 30.1 Å². The van der Waals surface area contributed by atoms with Crippen LogP contribution in [0, 0.1) is 5.92 Å². The number of aliphatic carboxylic acids is 1. The van der Waals surface area contributed by atoms with E-state index in [-0.39, 0.29) is 11.8 Å². The molecule has 0 bridgehead atoms. The van der Waals surface area contributed by atoms with Crippen molar-refractivity contribution in [2.75, 3.05) is 13.1 Å². The molecule has 1 unspecified atom stereocenters. The van der Waals surface area contributed by atoms with E-state index < -0.39 is 17.9 Å². The lowest BCUT2D eigenvalue weighted by molar-refractivity contribution is -0.147. The molecule has 28 heavy (non-hydrogen) atoms. The van der Waals surface area contributed by atoms with E-state index in [1.807, 2.05) is 0 Å². The molecule has 2 aliphatic heterocycles. The summed E-state index contributed by atoms with van der Waals surface area (Å²) in [4.78, 5) is 40.0. The SMILES string of the molecule is CC(C(=O)N1CCC(C(=O)O)CC1)N1C(=O)C(=CC=Cc2ccco2)SC1=S. The van der Waals surface area contributed by atoms with Gasteiger partial charge in [0, 0.05) is 13.1 Å². The summed E-state index contributed by atoms with van der Waals surface area (Å²) in [6.45, 7) is 2.39. The average molecular weight is 421 g/mol. The Hall–Kier alpha value is -2.39. The number of piperidine rings is 1. The van der Waals surface area contributed by atoms with Gasteiger partial charge >= 0.3 is 5.97 Å². The number of carboxylic acid groups (broad SMARTS) is 1. The quantitative estimate of drug-likeness (QED) is 0.578. The summed E-state index contributed by atoms with van der Waals surface area (Å²) in [6, 6.07) is 2.84. The Morgan fingerprint density at radius 1 is 1.39 bits per heavy atom. The zero-order valence-electron chi connectivity index (χ0n) is 15.2. The first-order valence-electron chi connectivity index (χ1n) is 8.87. The molecular formula is C19H20N2O5S2. The molecule has 7 nitrogen and oxygen atoms in total. The molecule has 0 radical (unpaired) electrons. The van der Waals surface area contributed by atoms with Crippen molar-refractivity contribution in [1.82, 2.24) is 9.80 Å². The van der Waals surface area contributed by atoms with Crippen LogP contribution in [0.4, 0.5) is 0 Å². The van der Waals surface area contributed by atoms with Crippen molar-refractivity contribution in [1.29, 1.82) is 0 Å². The molecule has 2 amide bonds. The highest BCUT2D eigenvalue weighted by atomic mass is 32.2. The van der Waals surface area contributed by atoms with Crippen LogP contribution in [0.1, 0.15) is 25.5 Å². The third-order valence-electron chi connectivity index (χ3n) is 4.78. The maximum absolute atomic E-state index is 12.8. The molecule has 3 heterocycles. The van der Waals surface area contributed by atoms with E-state index in [1.54, 1.807) is 48.4 Å². The lowest BCUT2D eigenvalue weighted by Gasteiger charge is -2.34. The summed E-state index contributed by atoms with van der Waals surface area (Å²) in [6.07, 6.45) is 7.48. The molecular weight excluding hydrogens is 400 g/mol. The molecule has 148 valence electrons. The molecule has 0 saturated carbocycles. The number of hydrogen-bond acceptors (Lipinski definition) is 6. The summed E-state index contributed by atoms with van der Waals surface area (Å²) < 4.78 is 5.53. The van der Waals surface area contributed by atoms with Crippen LogP contribution in [0.25, 0.3) is 6.08 Å².